The van der Waals surface area contributed by atoms with Crippen molar-refractivity contribution in [3.05, 3.63) is 83.2 Å². The summed E-state index contributed by atoms with van der Waals surface area (Å²) in [5.74, 6) is -1.52. The first kappa shape index (κ1) is 24.3. The van der Waals surface area contributed by atoms with Gasteiger partial charge in [0.1, 0.15) is 27.4 Å². The lowest BCUT2D eigenvalue weighted by Crippen LogP contribution is -2.40. The number of halogens is 1. The van der Waals surface area contributed by atoms with E-state index in [-0.39, 0.29) is 22.0 Å². The molecule has 3 heterocycles. The van der Waals surface area contributed by atoms with Gasteiger partial charge in [0.25, 0.3) is 5.91 Å². The lowest BCUT2D eigenvalue weighted by Gasteiger charge is -2.22. The maximum Gasteiger partial charge on any atom is 0.272 e. The fourth-order valence-corrected chi connectivity index (χ4v) is 5.32. The molecule has 0 saturated carbocycles. The fraction of sp³-hybridized carbons (Fsp3) is 0.208. The number of hydrogen-bond donors (Lipinski definition) is 3. The van der Waals surface area contributed by atoms with E-state index in [0.717, 1.165) is 11.6 Å². The third-order valence-corrected chi connectivity index (χ3v) is 7.06. The molecule has 0 aliphatic carbocycles. The third-order valence-electron chi connectivity index (χ3n) is 5.51. The number of aryl methyl sites for hydroxylation is 1. The number of carbonyl (C=O) groups excluding carboxylic acids is 1. The number of fused-ring (bicyclic) bond motifs is 1. The molecule has 1 aliphatic rings. The van der Waals surface area contributed by atoms with Gasteiger partial charge in [0.05, 0.1) is 23.6 Å². The van der Waals surface area contributed by atoms with Crippen molar-refractivity contribution >= 4 is 27.6 Å². The fourth-order valence-electron chi connectivity index (χ4n) is 3.76. The molecule has 3 atom stereocenters. The first-order chi connectivity index (χ1) is 16.7. The number of ether oxygens (including phenoxy) is 1. The highest BCUT2D eigenvalue weighted by Crippen LogP contribution is 2.28. The average Bonchev–Trinajstić information content (AvgIpc) is 3.11. The zero-order valence-corrected chi connectivity index (χ0v) is 19.8. The van der Waals surface area contributed by atoms with Gasteiger partial charge in [-0.2, -0.15) is 9.65 Å². The van der Waals surface area contributed by atoms with Crippen LogP contribution in [0.4, 0.5) is 10.1 Å². The normalized spacial score (nSPS) is 19.9. The molecule has 2 unspecified atom stereocenters. The van der Waals surface area contributed by atoms with Crippen LogP contribution in [0.15, 0.2) is 59.6 Å². The van der Waals surface area contributed by atoms with Crippen LogP contribution in [0.5, 0.6) is 0 Å². The summed E-state index contributed by atoms with van der Waals surface area (Å²) in [4.78, 5) is 16.7. The highest BCUT2D eigenvalue weighted by Gasteiger charge is 2.30. The van der Waals surface area contributed by atoms with Crippen molar-refractivity contribution in [2.75, 3.05) is 5.32 Å². The Hall–Kier alpha value is -3.85. The molecule has 180 valence electrons. The zero-order valence-electron chi connectivity index (χ0n) is 19.0. The molecule has 1 aliphatic heterocycles. The summed E-state index contributed by atoms with van der Waals surface area (Å²) in [6, 6.07) is 13.0. The molecule has 4 rings (SSSR count). The van der Waals surface area contributed by atoms with E-state index in [1.165, 1.54) is 16.8 Å². The summed E-state index contributed by atoms with van der Waals surface area (Å²) in [5, 5.41) is 11.5. The van der Waals surface area contributed by atoms with Crippen LogP contribution >= 0.6 is 0 Å². The largest absolute Gasteiger partial charge is 0.372 e. The molecule has 0 bridgehead atoms. The van der Waals surface area contributed by atoms with E-state index < -0.39 is 33.9 Å². The molecular weight excluding hydrogens is 471 g/mol. The summed E-state index contributed by atoms with van der Waals surface area (Å²) >= 11 is 0. The van der Waals surface area contributed by atoms with Gasteiger partial charge in [-0.3, -0.25) is 4.79 Å². The number of pyridine rings is 1. The summed E-state index contributed by atoms with van der Waals surface area (Å²) in [6.07, 6.45) is 4.39. The standard InChI is InChI=1S/C24H23FN6O3S/c1-15(34-14-16-6-4-3-5-7-16)20-9-8-19-21(35(27,33)30-20)13-31(2)23(19)24(32)29-17-10-18(12-26)28-22(25)11-17/h3-11,13,15,20H,14H2,1-2H3,(H2,27,30,33)(H,28,29,32)/t15-,20?,35?/m1/s1. The highest BCUT2D eigenvalue weighted by atomic mass is 32.2. The Bertz CT molecular complexity index is 1440. The Kier molecular flexibility index (Phi) is 6.79. The minimum Gasteiger partial charge on any atom is -0.372 e. The number of aromatic nitrogens is 2. The molecule has 3 aromatic rings. The van der Waals surface area contributed by atoms with Crippen molar-refractivity contribution in [1.82, 2.24) is 14.3 Å². The number of anilines is 1. The van der Waals surface area contributed by atoms with Crippen LogP contribution in [0.25, 0.3) is 6.08 Å². The highest BCUT2D eigenvalue weighted by molar-refractivity contribution is 7.90. The maximum atomic E-state index is 13.7. The molecule has 9 nitrogen and oxygen atoms in total. The number of amides is 1. The van der Waals surface area contributed by atoms with Gasteiger partial charge in [-0.25, -0.2) is 18.7 Å². The number of rotatable bonds is 6. The Balaban J connectivity index is 1.60. The Labute approximate surface area is 202 Å². The zero-order chi connectivity index (χ0) is 25.2. The first-order valence-corrected chi connectivity index (χ1v) is 12.2. The van der Waals surface area contributed by atoms with Gasteiger partial charge in [-0.05, 0) is 18.6 Å². The van der Waals surface area contributed by atoms with Crippen molar-refractivity contribution in [2.45, 2.75) is 30.6 Å². The number of nitrogens with zero attached hydrogens (tertiary/aromatic N) is 3. The summed E-state index contributed by atoms with van der Waals surface area (Å²) in [5.41, 5.74) is 1.30. The van der Waals surface area contributed by atoms with Crippen LogP contribution in [0, 0.1) is 22.1 Å². The van der Waals surface area contributed by atoms with Crippen LogP contribution < -0.4 is 10.0 Å². The van der Waals surface area contributed by atoms with E-state index >= 15 is 0 Å². The monoisotopic (exact) mass is 494 g/mol. The molecule has 0 radical (unpaired) electrons. The quantitative estimate of drug-likeness (QED) is 0.451. The van der Waals surface area contributed by atoms with Gasteiger partial charge in [-0.15, -0.1) is 0 Å². The molecule has 0 saturated heterocycles. The summed E-state index contributed by atoms with van der Waals surface area (Å²) < 4.78 is 45.8. The third kappa shape index (κ3) is 5.30. The maximum absolute atomic E-state index is 13.7. The lowest BCUT2D eigenvalue weighted by molar-refractivity contribution is 0.0425. The van der Waals surface area contributed by atoms with Crippen molar-refractivity contribution in [3.8, 4) is 6.07 Å². The van der Waals surface area contributed by atoms with E-state index in [1.807, 2.05) is 37.3 Å². The van der Waals surface area contributed by atoms with Gasteiger partial charge in [0.15, 0.2) is 0 Å². The van der Waals surface area contributed by atoms with E-state index in [4.69, 9.17) is 14.8 Å². The number of carbonyl (C=O) groups is 1. The molecular formula is C24H23FN6O3S. The van der Waals surface area contributed by atoms with Gasteiger partial charge >= 0.3 is 0 Å². The van der Waals surface area contributed by atoms with Crippen LogP contribution in [-0.4, -0.2) is 31.8 Å². The minimum absolute atomic E-state index is 0.0529. The second kappa shape index (κ2) is 9.79. The van der Waals surface area contributed by atoms with Gasteiger partial charge in [0, 0.05) is 30.6 Å². The minimum atomic E-state index is -3.49. The van der Waals surface area contributed by atoms with Crippen molar-refractivity contribution in [1.29, 1.82) is 10.0 Å². The van der Waals surface area contributed by atoms with E-state index in [9.17, 15) is 13.4 Å². The molecule has 0 spiro atoms. The number of hydrogen-bond acceptors (Lipinski definition) is 6. The number of nitrogens with one attached hydrogen (secondary N) is 3. The van der Waals surface area contributed by atoms with E-state index in [2.05, 4.69) is 15.0 Å². The molecule has 3 N–H and O–H groups in total. The van der Waals surface area contributed by atoms with E-state index in [1.54, 1.807) is 25.3 Å². The molecule has 35 heavy (non-hydrogen) atoms. The Morgan fingerprint density at radius 1 is 1.40 bits per heavy atom. The van der Waals surface area contributed by atoms with Crippen molar-refractivity contribution < 1.29 is 18.1 Å². The second-order valence-corrected chi connectivity index (χ2v) is 9.84. The van der Waals surface area contributed by atoms with Crippen LogP contribution in [0.2, 0.25) is 0 Å². The molecule has 1 amide bonds. The lowest BCUT2D eigenvalue weighted by atomic mass is 10.1. The second-order valence-electron chi connectivity index (χ2n) is 8.06. The van der Waals surface area contributed by atoms with Crippen LogP contribution in [0.3, 0.4) is 0 Å². The number of nitriles is 1. The molecule has 0 fully saturated rings. The van der Waals surface area contributed by atoms with Crippen molar-refractivity contribution in [2.24, 2.45) is 7.05 Å². The average molecular weight is 495 g/mol. The Morgan fingerprint density at radius 3 is 2.86 bits per heavy atom. The van der Waals surface area contributed by atoms with Crippen LogP contribution in [0.1, 0.15) is 34.2 Å². The molecule has 11 heteroatoms. The van der Waals surface area contributed by atoms with Gasteiger partial charge in [-0.1, -0.05) is 42.5 Å². The summed E-state index contributed by atoms with van der Waals surface area (Å²) in [6.45, 7) is 2.16. The Morgan fingerprint density at radius 2 is 2.14 bits per heavy atom. The molecule has 2 aromatic heterocycles. The van der Waals surface area contributed by atoms with Crippen LogP contribution in [-0.2, 0) is 28.3 Å². The molecule has 1 aromatic carbocycles. The summed E-state index contributed by atoms with van der Waals surface area (Å²) in [7, 11) is -1.90. The topological polar surface area (TPSA) is 133 Å². The number of benzene rings is 1. The van der Waals surface area contributed by atoms with Gasteiger partial charge in [0.2, 0.25) is 5.95 Å². The first-order valence-electron chi connectivity index (χ1n) is 10.7. The smallest absolute Gasteiger partial charge is 0.272 e. The van der Waals surface area contributed by atoms with E-state index in [0.29, 0.717) is 12.2 Å². The van der Waals surface area contributed by atoms with Gasteiger partial charge < -0.3 is 14.6 Å². The predicted octanol–water partition coefficient (Wildman–Crippen LogP) is 3.59. The SMILES string of the molecule is C[C@@H](OCc1ccccc1)C1C=Cc2c(cn(C)c2C(=O)Nc2cc(F)nc(C#N)c2)S(=N)(=O)N1. The van der Waals surface area contributed by atoms with Crippen molar-refractivity contribution in [3.63, 3.8) is 0 Å². The predicted molar refractivity (Wildman–Crippen MR) is 128 cm³/mol.